The highest BCUT2D eigenvalue weighted by atomic mass is 35.5. The molecular weight excluding hydrogens is 228 g/mol. The van der Waals surface area contributed by atoms with Gasteiger partial charge in [-0.25, -0.2) is 9.69 Å². The summed E-state index contributed by atoms with van der Waals surface area (Å²) in [6.07, 6.45) is 1.65. The molecule has 0 spiro atoms. The normalized spacial score (nSPS) is 9.56. The Hall–Kier alpha value is -1.81. The number of urea groups is 1. The lowest BCUT2D eigenvalue weighted by molar-refractivity contribution is -0.115. The molecule has 0 saturated carbocycles. The number of carbonyl (C=O) groups excluding carboxylic acids is 2. The van der Waals surface area contributed by atoms with Gasteiger partial charge in [-0.05, 0) is 17.7 Å². The average molecular weight is 239 g/mol. The minimum atomic E-state index is -0.850. The number of halogens is 1. The second-order valence-electron chi connectivity index (χ2n) is 3.00. The summed E-state index contributed by atoms with van der Waals surface area (Å²) in [6.45, 7) is 3.60. The van der Waals surface area contributed by atoms with E-state index in [-0.39, 0.29) is 5.88 Å². The summed E-state index contributed by atoms with van der Waals surface area (Å²) in [6, 6.07) is 5.80. The van der Waals surface area contributed by atoms with Crippen molar-refractivity contribution in [3.8, 4) is 0 Å². The molecule has 1 aromatic rings. The van der Waals surface area contributed by atoms with Crippen molar-refractivity contribution in [3.63, 3.8) is 0 Å². The number of nitrogens with two attached hydrogens (primary N) is 1. The molecule has 0 aromatic heterocycles. The third-order valence-electron chi connectivity index (χ3n) is 1.97. The van der Waals surface area contributed by atoms with Crippen LogP contribution in [0, 0.1) is 0 Å². The fourth-order valence-corrected chi connectivity index (χ4v) is 1.33. The van der Waals surface area contributed by atoms with Crippen molar-refractivity contribution in [3.05, 3.63) is 36.4 Å². The van der Waals surface area contributed by atoms with Gasteiger partial charge < -0.3 is 5.73 Å². The topological polar surface area (TPSA) is 63.4 Å². The Morgan fingerprint density at radius 3 is 2.31 bits per heavy atom. The Labute approximate surface area is 98.3 Å². The molecule has 0 saturated heterocycles. The van der Waals surface area contributed by atoms with Crippen LogP contribution < -0.4 is 10.6 Å². The lowest BCUT2D eigenvalue weighted by Crippen LogP contribution is -2.41. The molecule has 0 aliphatic carbocycles. The van der Waals surface area contributed by atoms with Crippen molar-refractivity contribution in [2.24, 2.45) is 5.73 Å². The number of primary amides is 1. The molecule has 0 radical (unpaired) electrons. The molecule has 84 valence electrons. The first-order valence-corrected chi connectivity index (χ1v) is 5.04. The molecule has 5 heteroatoms. The maximum atomic E-state index is 11.4. The average Bonchev–Trinajstić information content (AvgIpc) is 2.29. The Kier molecular flexibility index (Phi) is 4.08. The van der Waals surface area contributed by atoms with Gasteiger partial charge in [-0.1, -0.05) is 24.8 Å². The van der Waals surface area contributed by atoms with E-state index in [1.807, 2.05) is 0 Å². The van der Waals surface area contributed by atoms with Crippen LogP contribution in [0.5, 0.6) is 0 Å². The molecule has 0 aliphatic heterocycles. The molecule has 16 heavy (non-hydrogen) atoms. The smallest absolute Gasteiger partial charge is 0.326 e. The summed E-state index contributed by atoms with van der Waals surface area (Å²) in [5.41, 5.74) is 6.38. The molecule has 0 bridgehead atoms. The van der Waals surface area contributed by atoms with E-state index in [4.69, 9.17) is 17.3 Å². The highest BCUT2D eigenvalue weighted by molar-refractivity contribution is 6.32. The first kappa shape index (κ1) is 12.3. The van der Waals surface area contributed by atoms with Gasteiger partial charge in [-0.2, -0.15) is 0 Å². The van der Waals surface area contributed by atoms with E-state index in [0.29, 0.717) is 5.69 Å². The van der Waals surface area contributed by atoms with Crippen molar-refractivity contribution in [1.82, 2.24) is 0 Å². The number of alkyl halides is 1. The van der Waals surface area contributed by atoms with E-state index in [9.17, 15) is 9.59 Å². The second kappa shape index (κ2) is 5.32. The van der Waals surface area contributed by atoms with Crippen LogP contribution in [0.4, 0.5) is 10.5 Å². The summed E-state index contributed by atoms with van der Waals surface area (Å²) < 4.78 is 0. The van der Waals surface area contributed by atoms with Crippen LogP contribution >= 0.6 is 11.6 Å². The van der Waals surface area contributed by atoms with Gasteiger partial charge in [-0.15, -0.1) is 11.6 Å². The van der Waals surface area contributed by atoms with Crippen LogP contribution in [0.25, 0.3) is 6.08 Å². The molecule has 3 amide bonds. The lowest BCUT2D eigenvalue weighted by Gasteiger charge is -2.17. The predicted molar refractivity (Wildman–Crippen MR) is 64.3 cm³/mol. The van der Waals surface area contributed by atoms with Gasteiger partial charge in [0.15, 0.2) is 0 Å². The molecular formula is C11H11ClN2O2. The Bertz CT molecular complexity index is 414. The van der Waals surface area contributed by atoms with Crippen LogP contribution in [0.3, 0.4) is 0 Å². The quantitative estimate of drug-likeness (QED) is 0.819. The highest BCUT2D eigenvalue weighted by Gasteiger charge is 2.19. The van der Waals surface area contributed by atoms with Crippen molar-refractivity contribution in [2.45, 2.75) is 0 Å². The van der Waals surface area contributed by atoms with E-state index in [1.54, 1.807) is 30.3 Å². The number of hydrogen-bond acceptors (Lipinski definition) is 2. The minimum Gasteiger partial charge on any atom is -0.351 e. The molecule has 0 aliphatic rings. The van der Waals surface area contributed by atoms with Crippen LogP contribution in [-0.4, -0.2) is 17.8 Å². The van der Waals surface area contributed by atoms with Crippen LogP contribution in [0.1, 0.15) is 5.56 Å². The van der Waals surface area contributed by atoms with Gasteiger partial charge in [0.1, 0.15) is 5.88 Å². The Balaban J connectivity index is 3.06. The lowest BCUT2D eigenvalue weighted by atomic mass is 10.2. The number of imide groups is 1. The van der Waals surface area contributed by atoms with Gasteiger partial charge >= 0.3 is 6.03 Å². The zero-order valence-corrected chi connectivity index (χ0v) is 9.28. The van der Waals surface area contributed by atoms with Crippen LogP contribution in [0.2, 0.25) is 0 Å². The highest BCUT2D eigenvalue weighted by Crippen LogP contribution is 2.16. The Morgan fingerprint density at radius 1 is 1.38 bits per heavy atom. The molecule has 1 rings (SSSR count). The molecule has 4 nitrogen and oxygen atoms in total. The van der Waals surface area contributed by atoms with Gasteiger partial charge in [0.2, 0.25) is 5.91 Å². The molecule has 1 aromatic carbocycles. The number of hydrogen-bond donors (Lipinski definition) is 1. The molecule has 2 N–H and O–H groups in total. The molecule has 0 unspecified atom stereocenters. The third kappa shape index (κ3) is 2.61. The van der Waals surface area contributed by atoms with Crippen LogP contribution in [0.15, 0.2) is 30.8 Å². The fraction of sp³-hybridized carbons (Fsp3) is 0.0909. The minimum absolute atomic E-state index is 0.299. The van der Waals surface area contributed by atoms with Gasteiger partial charge in [0.05, 0.1) is 5.69 Å². The molecule has 0 fully saturated rings. The largest absolute Gasteiger partial charge is 0.351 e. The van der Waals surface area contributed by atoms with Crippen LogP contribution in [-0.2, 0) is 4.79 Å². The summed E-state index contributed by atoms with van der Waals surface area (Å²) in [5, 5.41) is 0. The molecule has 0 atom stereocenters. The van der Waals surface area contributed by atoms with E-state index in [0.717, 1.165) is 10.5 Å². The van der Waals surface area contributed by atoms with E-state index in [2.05, 4.69) is 6.58 Å². The van der Waals surface area contributed by atoms with Gasteiger partial charge in [0.25, 0.3) is 0 Å². The predicted octanol–water partition coefficient (Wildman–Crippen LogP) is 1.98. The van der Waals surface area contributed by atoms with Crippen molar-refractivity contribution in [2.75, 3.05) is 10.8 Å². The summed E-state index contributed by atoms with van der Waals surface area (Å²) in [4.78, 5) is 23.3. The van der Waals surface area contributed by atoms with Crippen molar-refractivity contribution < 1.29 is 9.59 Å². The SMILES string of the molecule is C=Cc1ccc(N(C(N)=O)C(=O)CCl)cc1. The number of rotatable bonds is 3. The van der Waals surface area contributed by atoms with E-state index in [1.165, 1.54) is 0 Å². The number of benzene rings is 1. The second-order valence-corrected chi connectivity index (χ2v) is 3.26. The van der Waals surface area contributed by atoms with Crippen molar-refractivity contribution >= 4 is 35.3 Å². The number of anilines is 1. The maximum Gasteiger partial charge on any atom is 0.326 e. The first-order chi connectivity index (χ1) is 7.60. The molecule has 0 heterocycles. The number of amides is 3. The van der Waals surface area contributed by atoms with Gasteiger partial charge in [-0.3, -0.25) is 4.79 Å². The summed E-state index contributed by atoms with van der Waals surface area (Å²) in [7, 11) is 0. The Morgan fingerprint density at radius 2 is 1.94 bits per heavy atom. The van der Waals surface area contributed by atoms with Gasteiger partial charge in [0, 0.05) is 0 Å². The summed E-state index contributed by atoms with van der Waals surface area (Å²) >= 11 is 5.38. The van der Waals surface area contributed by atoms with E-state index < -0.39 is 11.9 Å². The zero-order chi connectivity index (χ0) is 12.1. The third-order valence-corrected chi connectivity index (χ3v) is 2.20. The van der Waals surface area contributed by atoms with E-state index >= 15 is 0 Å². The summed E-state index contributed by atoms with van der Waals surface area (Å²) in [5.74, 6) is -0.855. The van der Waals surface area contributed by atoms with Crippen molar-refractivity contribution in [1.29, 1.82) is 0 Å². The first-order valence-electron chi connectivity index (χ1n) is 4.51. The standard InChI is InChI=1S/C11H11ClN2O2/c1-2-8-3-5-9(6-4-8)14(11(13)16)10(15)7-12/h2-6H,1,7H2,(H2,13,16). The zero-order valence-electron chi connectivity index (χ0n) is 8.52. The number of nitrogens with zero attached hydrogens (tertiary/aromatic N) is 1. The number of carbonyl (C=O) groups is 2. The fourth-order valence-electron chi connectivity index (χ4n) is 1.21. The monoisotopic (exact) mass is 238 g/mol. The maximum absolute atomic E-state index is 11.4.